The van der Waals surface area contributed by atoms with Gasteiger partial charge in [-0.05, 0) is 25.9 Å². The van der Waals surface area contributed by atoms with Gasteiger partial charge in [0.1, 0.15) is 0 Å². The van der Waals surface area contributed by atoms with Crippen molar-refractivity contribution in [2.75, 3.05) is 13.1 Å². The van der Waals surface area contributed by atoms with Crippen LogP contribution in [0.4, 0.5) is 0 Å². The van der Waals surface area contributed by atoms with E-state index in [-0.39, 0.29) is 11.5 Å². The van der Waals surface area contributed by atoms with Gasteiger partial charge in [0, 0.05) is 30.3 Å². The van der Waals surface area contributed by atoms with Crippen molar-refractivity contribution < 1.29 is 0 Å². The topological polar surface area (TPSA) is 47.1 Å². The first-order valence-corrected chi connectivity index (χ1v) is 7.88. The third-order valence-corrected chi connectivity index (χ3v) is 4.32. The minimum Gasteiger partial charge on any atom is -0.326 e. The zero-order chi connectivity index (χ0) is 14.9. The van der Waals surface area contributed by atoms with Gasteiger partial charge in [0.2, 0.25) is 0 Å². The zero-order valence-electron chi connectivity index (χ0n) is 13.7. The minimum atomic E-state index is 0.0576. The van der Waals surface area contributed by atoms with E-state index in [0.29, 0.717) is 6.04 Å². The van der Waals surface area contributed by atoms with E-state index < -0.39 is 0 Å². The van der Waals surface area contributed by atoms with Crippen LogP contribution in [0, 0.1) is 0 Å². The zero-order valence-corrected chi connectivity index (χ0v) is 13.7. The van der Waals surface area contributed by atoms with Crippen molar-refractivity contribution in [2.45, 2.75) is 64.5 Å². The lowest BCUT2D eigenvalue weighted by Crippen LogP contribution is -2.40. The van der Waals surface area contributed by atoms with Gasteiger partial charge in [-0.15, -0.1) is 0 Å². The minimum absolute atomic E-state index is 0.0576. The standard InChI is InChI=1S/C16H30N4/c1-6-20-10-8-7-9-13(17)14(20)12-11-19(5)18-15(12)16(2,3)4/h11,13-14H,6-10,17H2,1-5H3. The number of hydrogen-bond donors (Lipinski definition) is 1. The van der Waals surface area contributed by atoms with Crippen LogP contribution in [0.25, 0.3) is 0 Å². The third-order valence-electron chi connectivity index (χ3n) is 4.32. The van der Waals surface area contributed by atoms with Gasteiger partial charge < -0.3 is 5.73 Å². The summed E-state index contributed by atoms with van der Waals surface area (Å²) in [4.78, 5) is 2.53. The Hall–Kier alpha value is -0.870. The lowest BCUT2D eigenvalue weighted by molar-refractivity contribution is 0.193. The number of nitrogens with zero attached hydrogens (tertiary/aromatic N) is 3. The van der Waals surface area contributed by atoms with Crippen LogP contribution in [0.1, 0.15) is 64.3 Å². The van der Waals surface area contributed by atoms with Gasteiger partial charge in [0.25, 0.3) is 0 Å². The lowest BCUT2D eigenvalue weighted by atomic mass is 9.85. The second kappa shape index (κ2) is 5.86. The van der Waals surface area contributed by atoms with Gasteiger partial charge >= 0.3 is 0 Å². The molecule has 0 aromatic carbocycles. The molecule has 0 spiro atoms. The summed E-state index contributed by atoms with van der Waals surface area (Å²) in [6.45, 7) is 11.1. The Balaban J connectivity index is 2.46. The SMILES string of the molecule is CCN1CCCCC(N)C1c1cn(C)nc1C(C)(C)C. The van der Waals surface area contributed by atoms with E-state index in [1.54, 1.807) is 0 Å². The molecule has 1 aliphatic heterocycles. The number of nitrogens with two attached hydrogens (primary N) is 1. The first-order valence-electron chi connectivity index (χ1n) is 7.88. The number of likely N-dealkylation sites (tertiary alicyclic amines) is 1. The molecule has 114 valence electrons. The van der Waals surface area contributed by atoms with Gasteiger partial charge in [0.15, 0.2) is 0 Å². The van der Waals surface area contributed by atoms with E-state index in [2.05, 4.69) is 38.8 Å². The molecule has 2 N–H and O–H groups in total. The van der Waals surface area contributed by atoms with Gasteiger partial charge in [-0.1, -0.05) is 34.1 Å². The highest BCUT2D eigenvalue weighted by Gasteiger charge is 2.34. The summed E-state index contributed by atoms with van der Waals surface area (Å²) < 4.78 is 1.95. The number of likely N-dealkylation sites (N-methyl/N-ethyl adjacent to an activating group) is 1. The fraction of sp³-hybridized carbons (Fsp3) is 0.812. The average molecular weight is 278 g/mol. The van der Waals surface area contributed by atoms with E-state index in [4.69, 9.17) is 10.8 Å². The van der Waals surface area contributed by atoms with Crippen LogP contribution < -0.4 is 5.73 Å². The smallest absolute Gasteiger partial charge is 0.0726 e. The Morgan fingerprint density at radius 3 is 2.65 bits per heavy atom. The molecule has 4 heteroatoms. The molecule has 1 aromatic heterocycles. The van der Waals surface area contributed by atoms with Crippen molar-refractivity contribution in [3.05, 3.63) is 17.5 Å². The van der Waals surface area contributed by atoms with Crippen LogP contribution >= 0.6 is 0 Å². The number of rotatable bonds is 2. The van der Waals surface area contributed by atoms with E-state index in [1.807, 2.05) is 11.7 Å². The van der Waals surface area contributed by atoms with Crippen molar-refractivity contribution in [1.29, 1.82) is 0 Å². The number of aromatic nitrogens is 2. The Morgan fingerprint density at radius 2 is 2.05 bits per heavy atom. The highest BCUT2D eigenvalue weighted by molar-refractivity contribution is 5.29. The van der Waals surface area contributed by atoms with Crippen LogP contribution in [-0.2, 0) is 12.5 Å². The van der Waals surface area contributed by atoms with Crippen molar-refractivity contribution in [2.24, 2.45) is 12.8 Å². The highest BCUT2D eigenvalue weighted by atomic mass is 15.3. The maximum absolute atomic E-state index is 6.52. The van der Waals surface area contributed by atoms with E-state index in [9.17, 15) is 0 Å². The van der Waals surface area contributed by atoms with Crippen molar-refractivity contribution >= 4 is 0 Å². The second-order valence-corrected chi connectivity index (χ2v) is 7.09. The van der Waals surface area contributed by atoms with Crippen molar-refractivity contribution in [1.82, 2.24) is 14.7 Å². The van der Waals surface area contributed by atoms with Crippen LogP contribution in [0.5, 0.6) is 0 Å². The highest BCUT2D eigenvalue weighted by Crippen LogP contribution is 2.35. The maximum Gasteiger partial charge on any atom is 0.0726 e. The molecule has 2 unspecified atom stereocenters. The Kier molecular flexibility index (Phi) is 4.55. The second-order valence-electron chi connectivity index (χ2n) is 7.09. The third kappa shape index (κ3) is 3.07. The molecule has 0 bridgehead atoms. The predicted molar refractivity (Wildman–Crippen MR) is 83.7 cm³/mol. The normalized spacial score (nSPS) is 25.7. The molecule has 0 saturated carbocycles. The van der Waals surface area contributed by atoms with Crippen LogP contribution in [0.2, 0.25) is 0 Å². The predicted octanol–water partition coefficient (Wildman–Crippen LogP) is 2.59. The molecule has 2 rings (SSSR count). The number of aryl methyl sites for hydroxylation is 1. The van der Waals surface area contributed by atoms with Crippen molar-refractivity contribution in [3.8, 4) is 0 Å². The summed E-state index contributed by atoms with van der Waals surface area (Å²) in [6, 6.07) is 0.521. The summed E-state index contributed by atoms with van der Waals surface area (Å²) in [6.07, 6.45) is 5.78. The van der Waals surface area contributed by atoms with Crippen LogP contribution in [0.15, 0.2) is 6.20 Å². The Morgan fingerprint density at radius 1 is 1.35 bits per heavy atom. The summed E-state index contributed by atoms with van der Waals surface area (Å²) >= 11 is 0. The van der Waals surface area contributed by atoms with Crippen molar-refractivity contribution in [3.63, 3.8) is 0 Å². The fourth-order valence-corrected chi connectivity index (χ4v) is 3.35. The molecule has 20 heavy (non-hydrogen) atoms. The summed E-state index contributed by atoms with van der Waals surface area (Å²) in [5.41, 5.74) is 9.10. The molecule has 4 nitrogen and oxygen atoms in total. The maximum atomic E-state index is 6.52. The van der Waals surface area contributed by atoms with E-state index in [1.165, 1.54) is 24.1 Å². The van der Waals surface area contributed by atoms with Gasteiger partial charge in [0.05, 0.1) is 11.7 Å². The monoisotopic (exact) mass is 278 g/mol. The van der Waals surface area contributed by atoms with E-state index >= 15 is 0 Å². The summed E-state index contributed by atoms with van der Waals surface area (Å²) in [5, 5.41) is 4.73. The molecule has 1 aliphatic rings. The average Bonchev–Trinajstić information content (AvgIpc) is 2.64. The lowest BCUT2D eigenvalue weighted by Gasteiger charge is -2.34. The Bertz CT molecular complexity index is 444. The molecule has 2 atom stereocenters. The van der Waals surface area contributed by atoms with Gasteiger partial charge in [-0.25, -0.2) is 0 Å². The molecule has 1 fully saturated rings. The summed E-state index contributed by atoms with van der Waals surface area (Å²) in [7, 11) is 2.01. The van der Waals surface area contributed by atoms with Crippen LogP contribution in [0.3, 0.4) is 0 Å². The Labute approximate surface area is 123 Å². The number of hydrogen-bond acceptors (Lipinski definition) is 3. The molecule has 1 saturated heterocycles. The van der Waals surface area contributed by atoms with Gasteiger partial charge in [-0.2, -0.15) is 5.10 Å². The van der Waals surface area contributed by atoms with Crippen LogP contribution in [-0.4, -0.2) is 33.8 Å². The molecular weight excluding hydrogens is 248 g/mol. The van der Waals surface area contributed by atoms with Gasteiger partial charge in [-0.3, -0.25) is 9.58 Å². The molecular formula is C16H30N4. The molecule has 1 aromatic rings. The first-order chi connectivity index (χ1) is 9.34. The molecule has 0 aliphatic carbocycles. The quantitative estimate of drug-likeness (QED) is 0.904. The molecule has 2 heterocycles. The largest absolute Gasteiger partial charge is 0.326 e. The molecule has 0 radical (unpaired) electrons. The first kappa shape index (κ1) is 15.5. The summed E-state index contributed by atoms with van der Waals surface area (Å²) in [5.74, 6) is 0. The fourth-order valence-electron chi connectivity index (χ4n) is 3.35. The molecule has 0 amide bonds. The van der Waals surface area contributed by atoms with E-state index in [0.717, 1.165) is 19.5 Å².